The maximum absolute atomic E-state index is 12.1. The Morgan fingerprint density at radius 1 is 1.40 bits per heavy atom. The molecule has 0 aliphatic heterocycles. The minimum atomic E-state index is -4.51. The summed E-state index contributed by atoms with van der Waals surface area (Å²) in [5.74, 6) is 0.482. The Balaban J connectivity index is 2.98. The van der Waals surface area contributed by atoms with E-state index in [-0.39, 0.29) is 0 Å². The molecule has 0 aliphatic carbocycles. The molecule has 0 atom stereocenters. The van der Waals surface area contributed by atoms with Gasteiger partial charge in [-0.25, -0.2) is 0 Å². The van der Waals surface area contributed by atoms with Gasteiger partial charge in [0.2, 0.25) is 0 Å². The summed E-state index contributed by atoms with van der Waals surface area (Å²) < 4.78 is 41.1. The van der Waals surface area contributed by atoms with Crippen molar-refractivity contribution in [2.24, 2.45) is 0 Å². The minimum Gasteiger partial charge on any atom is -0.497 e. The van der Waals surface area contributed by atoms with Crippen LogP contribution in [0.5, 0.6) is 5.75 Å². The van der Waals surface area contributed by atoms with Crippen LogP contribution in [-0.2, 0) is 0 Å². The molecular formula is C10H8ClF3O. The molecular weight excluding hydrogens is 229 g/mol. The van der Waals surface area contributed by atoms with Crippen LogP contribution in [0.4, 0.5) is 13.2 Å². The second-order valence-corrected chi connectivity index (χ2v) is 3.17. The van der Waals surface area contributed by atoms with Gasteiger partial charge in [0.15, 0.2) is 0 Å². The van der Waals surface area contributed by atoms with Crippen molar-refractivity contribution in [1.82, 2.24) is 0 Å². The second kappa shape index (κ2) is 4.57. The zero-order valence-corrected chi connectivity index (χ0v) is 8.56. The predicted molar refractivity (Wildman–Crippen MR) is 52.9 cm³/mol. The molecule has 0 radical (unpaired) electrons. The van der Waals surface area contributed by atoms with E-state index in [1.165, 1.54) is 19.2 Å². The van der Waals surface area contributed by atoms with E-state index in [9.17, 15) is 13.2 Å². The average molecular weight is 237 g/mol. The zero-order chi connectivity index (χ0) is 11.5. The van der Waals surface area contributed by atoms with Gasteiger partial charge in [-0.05, 0) is 23.8 Å². The third kappa shape index (κ3) is 3.47. The number of allylic oxidation sites excluding steroid dienone is 1. The molecule has 0 amide bonds. The van der Waals surface area contributed by atoms with E-state index < -0.39 is 11.2 Å². The van der Waals surface area contributed by atoms with E-state index in [4.69, 9.17) is 16.3 Å². The Labute approximate surface area is 90.1 Å². The second-order valence-electron chi connectivity index (χ2n) is 2.77. The fourth-order valence-corrected chi connectivity index (χ4v) is 1.09. The van der Waals surface area contributed by atoms with E-state index in [1.54, 1.807) is 12.1 Å². The molecule has 0 spiro atoms. The smallest absolute Gasteiger partial charge is 0.426 e. The molecule has 0 N–H and O–H groups in total. The molecule has 1 rings (SSSR count). The fraction of sp³-hybridized carbons (Fsp3) is 0.200. The van der Waals surface area contributed by atoms with Crippen LogP contribution >= 0.6 is 11.6 Å². The maximum atomic E-state index is 12.1. The van der Waals surface area contributed by atoms with Gasteiger partial charge in [0, 0.05) is 0 Å². The van der Waals surface area contributed by atoms with Crippen molar-refractivity contribution in [3.8, 4) is 5.75 Å². The minimum absolute atomic E-state index is 0.344. The van der Waals surface area contributed by atoms with Crippen LogP contribution in [0.2, 0.25) is 0 Å². The predicted octanol–water partition coefficient (Wildman–Crippen LogP) is 3.84. The van der Waals surface area contributed by atoms with Crippen molar-refractivity contribution in [1.29, 1.82) is 0 Å². The van der Waals surface area contributed by atoms with Crippen molar-refractivity contribution >= 4 is 17.7 Å². The normalized spacial score (nSPS) is 12.7. The van der Waals surface area contributed by atoms with Crippen molar-refractivity contribution in [3.63, 3.8) is 0 Å². The molecule has 0 saturated heterocycles. The van der Waals surface area contributed by atoms with E-state index in [0.29, 0.717) is 11.3 Å². The lowest BCUT2D eigenvalue weighted by molar-refractivity contribution is -0.0836. The monoisotopic (exact) mass is 236 g/mol. The third-order valence-corrected chi connectivity index (χ3v) is 1.98. The summed E-state index contributed by atoms with van der Waals surface area (Å²) in [6, 6.07) is 6.20. The SMILES string of the molecule is COc1cccc(C=C(Cl)C(F)(F)F)c1. The Kier molecular flexibility index (Phi) is 3.63. The summed E-state index contributed by atoms with van der Waals surface area (Å²) in [5, 5.41) is -1.16. The van der Waals surface area contributed by atoms with E-state index in [0.717, 1.165) is 6.08 Å². The lowest BCUT2D eigenvalue weighted by Gasteiger charge is -2.05. The van der Waals surface area contributed by atoms with Gasteiger partial charge < -0.3 is 4.74 Å². The summed E-state index contributed by atoms with van der Waals surface area (Å²) in [6.07, 6.45) is -3.66. The first-order valence-electron chi connectivity index (χ1n) is 4.02. The number of rotatable bonds is 2. The van der Waals surface area contributed by atoms with Crippen LogP contribution in [0.1, 0.15) is 5.56 Å². The van der Waals surface area contributed by atoms with E-state index in [2.05, 4.69) is 0 Å². The van der Waals surface area contributed by atoms with Crippen molar-refractivity contribution in [2.45, 2.75) is 6.18 Å². The highest BCUT2D eigenvalue weighted by atomic mass is 35.5. The van der Waals surface area contributed by atoms with Crippen LogP contribution in [0.15, 0.2) is 29.3 Å². The molecule has 1 nitrogen and oxygen atoms in total. The van der Waals surface area contributed by atoms with Crippen LogP contribution in [0, 0.1) is 0 Å². The largest absolute Gasteiger partial charge is 0.497 e. The van der Waals surface area contributed by atoms with Gasteiger partial charge in [-0.15, -0.1) is 0 Å². The molecule has 0 bridgehead atoms. The van der Waals surface area contributed by atoms with Crippen LogP contribution in [-0.4, -0.2) is 13.3 Å². The summed E-state index contributed by atoms with van der Waals surface area (Å²) in [7, 11) is 1.44. The number of benzene rings is 1. The summed E-state index contributed by atoms with van der Waals surface area (Å²) in [4.78, 5) is 0. The molecule has 5 heteroatoms. The number of hydrogen-bond donors (Lipinski definition) is 0. The van der Waals surface area contributed by atoms with Crippen molar-refractivity contribution in [2.75, 3.05) is 7.11 Å². The van der Waals surface area contributed by atoms with E-state index >= 15 is 0 Å². The van der Waals surface area contributed by atoms with Crippen molar-refractivity contribution < 1.29 is 17.9 Å². The van der Waals surface area contributed by atoms with Gasteiger partial charge in [0.25, 0.3) is 0 Å². The van der Waals surface area contributed by atoms with Crippen LogP contribution < -0.4 is 4.74 Å². The van der Waals surface area contributed by atoms with E-state index in [1.807, 2.05) is 0 Å². The Morgan fingerprint density at radius 2 is 2.07 bits per heavy atom. The van der Waals surface area contributed by atoms with Crippen LogP contribution in [0.25, 0.3) is 6.08 Å². The zero-order valence-electron chi connectivity index (χ0n) is 7.81. The number of hydrogen-bond acceptors (Lipinski definition) is 1. The Morgan fingerprint density at radius 3 is 2.60 bits per heavy atom. The molecule has 0 aromatic heterocycles. The molecule has 0 saturated carbocycles. The highest BCUT2D eigenvalue weighted by Crippen LogP contribution is 2.30. The molecule has 0 heterocycles. The van der Waals surface area contributed by atoms with Gasteiger partial charge in [-0.1, -0.05) is 23.7 Å². The Bertz CT molecular complexity index is 371. The molecule has 0 unspecified atom stereocenters. The fourth-order valence-electron chi connectivity index (χ4n) is 0.959. The molecule has 1 aromatic carbocycles. The number of ether oxygens (including phenoxy) is 1. The molecule has 1 aromatic rings. The lowest BCUT2D eigenvalue weighted by Crippen LogP contribution is -2.06. The topological polar surface area (TPSA) is 9.23 Å². The summed E-state index contributed by atoms with van der Waals surface area (Å²) in [6.45, 7) is 0. The summed E-state index contributed by atoms with van der Waals surface area (Å²) >= 11 is 5.08. The number of halogens is 4. The highest BCUT2D eigenvalue weighted by molar-refractivity contribution is 6.32. The molecule has 82 valence electrons. The average Bonchev–Trinajstić information content (AvgIpc) is 2.16. The van der Waals surface area contributed by atoms with Gasteiger partial charge in [0.05, 0.1) is 7.11 Å². The van der Waals surface area contributed by atoms with Crippen LogP contribution in [0.3, 0.4) is 0 Å². The highest BCUT2D eigenvalue weighted by Gasteiger charge is 2.32. The standard InChI is InChI=1S/C10H8ClF3O/c1-15-8-4-2-3-7(5-8)6-9(11)10(12,13)14/h2-6H,1H3. The molecule has 0 fully saturated rings. The quantitative estimate of drug-likeness (QED) is 0.758. The number of methoxy groups -OCH3 is 1. The first kappa shape index (κ1) is 11.9. The third-order valence-electron chi connectivity index (χ3n) is 1.66. The van der Waals surface area contributed by atoms with Gasteiger partial charge in [0.1, 0.15) is 10.8 Å². The number of alkyl halides is 3. The van der Waals surface area contributed by atoms with Gasteiger partial charge in [-0.2, -0.15) is 13.2 Å². The first-order valence-corrected chi connectivity index (χ1v) is 4.39. The molecule has 0 aliphatic rings. The molecule has 15 heavy (non-hydrogen) atoms. The van der Waals surface area contributed by atoms with Crippen molar-refractivity contribution in [3.05, 3.63) is 34.9 Å². The lowest BCUT2D eigenvalue weighted by atomic mass is 10.2. The van der Waals surface area contributed by atoms with Gasteiger partial charge >= 0.3 is 6.18 Å². The summed E-state index contributed by atoms with van der Waals surface area (Å²) in [5.41, 5.74) is 0.344. The van der Waals surface area contributed by atoms with Gasteiger partial charge in [-0.3, -0.25) is 0 Å². The Hall–Kier alpha value is -1.16. The maximum Gasteiger partial charge on any atom is 0.426 e. The first-order chi connectivity index (χ1) is 6.93.